The normalized spacial score (nSPS) is 16.0. The monoisotopic (exact) mass is 596 g/mol. The van der Waals surface area contributed by atoms with Crippen molar-refractivity contribution in [2.75, 3.05) is 37.6 Å². The Morgan fingerprint density at radius 3 is 1.79 bits per heavy atom. The number of carbonyl (C=O) groups is 4. The molecule has 2 aliphatic rings. The van der Waals surface area contributed by atoms with Gasteiger partial charge in [0.1, 0.15) is 18.8 Å². The number of aliphatic carboxylic acids is 1. The molecule has 234 valence electrons. The summed E-state index contributed by atoms with van der Waals surface area (Å²) in [5, 5.41) is 8.93. The molecule has 3 N–H and O–H groups in total. The third kappa shape index (κ3) is 11.1. The van der Waals surface area contributed by atoms with E-state index in [0.29, 0.717) is 17.5 Å². The van der Waals surface area contributed by atoms with Crippen molar-refractivity contribution in [1.29, 1.82) is 0 Å². The first kappa shape index (κ1) is 33.2. The van der Waals surface area contributed by atoms with Crippen molar-refractivity contribution in [1.82, 2.24) is 9.80 Å². The number of likely N-dealkylation sites (tertiary alicyclic amines) is 2. The topological polar surface area (TPSA) is 143 Å². The summed E-state index contributed by atoms with van der Waals surface area (Å²) >= 11 is 0. The van der Waals surface area contributed by atoms with Crippen LogP contribution in [0.5, 0.6) is 0 Å². The van der Waals surface area contributed by atoms with Crippen molar-refractivity contribution in [3.8, 4) is 0 Å². The summed E-state index contributed by atoms with van der Waals surface area (Å²) in [6.45, 7) is 8.42. The number of nitrogens with two attached hydrogens (primary N) is 1. The molecule has 2 aromatic carbocycles. The summed E-state index contributed by atoms with van der Waals surface area (Å²) in [5.74, 6) is 0.195. The Bertz CT molecular complexity index is 1190. The Balaban J connectivity index is 0.000000236. The molecular formula is C32H44N4O7. The number of hydrogen-bond acceptors (Lipinski definition) is 6. The van der Waals surface area contributed by atoms with Crippen molar-refractivity contribution in [3.05, 3.63) is 66.2 Å². The van der Waals surface area contributed by atoms with E-state index in [-0.39, 0.29) is 18.7 Å². The molecule has 4 amide bonds. The molecule has 0 spiro atoms. The Morgan fingerprint density at radius 2 is 1.33 bits per heavy atom. The molecule has 2 aromatic rings. The van der Waals surface area contributed by atoms with Crippen LogP contribution in [0.3, 0.4) is 0 Å². The molecule has 2 heterocycles. The van der Waals surface area contributed by atoms with Crippen LogP contribution in [-0.2, 0) is 20.9 Å². The number of piperidine rings is 2. The van der Waals surface area contributed by atoms with Crippen LogP contribution in [0.25, 0.3) is 0 Å². The molecule has 2 aliphatic heterocycles. The highest BCUT2D eigenvalue weighted by molar-refractivity contribution is 5.92. The number of carboxylic acid groups (broad SMARTS) is 1. The van der Waals surface area contributed by atoms with Crippen LogP contribution in [0.1, 0.15) is 52.0 Å². The zero-order valence-corrected chi connectivity index (χ0v) is 25.3. The average Bonchev–Trinajstić information content (AvgIpc) is 2.99. The van der Waals surface area contributed by atoms with Crippen molar-refractivity contribution in [2.24, 2.45) is 17.6 Å². The molecule has 0 radical (unpaired) electrons. The van der Waals surface area contributed by atoms with Gasteiger partial charge in [0.05, 0.1) is 0 Å². The van der Waals surface area contributed by atoms with Gasteiger partial charge < -0.3 is 30.1 Å². The largest absolute Gasteiger partial charge is 0.480 e. The fourth-order valence-electron chi connectivity index (χ4n) is 5.27. The Labute approximate surface area is 253 Å². The van der Waals surface area contributed by atoms with Crippen molar-refractivity contribution in [3.63, 3.8) is 0 Å². The zero-order valence-electron chi connectivity index (χ0n) is 25.3. The van der Waals surface area contributed by atoms with E-state index in [4.69, 9.17) is 20.3 Å². The second-order valence-corrected chi connectivity index (χ2v) is 11.8. The minimum absolute atomic E-state index is 0.0998. The van der Waals surface area contributed by atoms with Crippen LogP contribution >= 0.6 is 0 Å². The van der Waals surface area contributed by atoms with Gasteiger partial charge in [-0.25, -0.2) is 14.4 Å². The lowest BCUT2D eigenvalue weighted by Crippen LogP contribution is -2.46. The van der Waals surface area contributed by atoms with Gasteiger partial charge in [-0.1, -0.05) is 48.5 Å². The SMILES string of the molecule is CC(C)(C)OC(=O)N1CCC(C2CCN(C(N)=O)CC2)CC1.O=C(O)CN(C(=O)OCc1ccccc1)c1ccccc1. The highest BCUT2D eigenvalue weighted by Gasteiger charge is 2.32. The molecule has 11 heteroatoms. The number of hydrogen-bond donors (Lipinski definition) is 2. The summed E-state index contributed by atoms with van der Waals surface area (Å²) in [6, 6.07) is 17.5. The number of urea groups is 1. The first-order valence-electron chi connectivity index (χ1n) is 14.7. The van der Waals surface area contributed by atoms with Crippen molar-refractivity contribution < 1.29 is 33.8 Å². The Hall–Kier alpha value is -4.28. The molecular weight excluding hydrogens is 552 g/mol. The van der Waals surface area contributed by atoms with Crippen LogP contribution in [0.2, 0.25) is 0 Å². The quantitative estimate of drug-likeness (QED) is 0.458. The molecule has 0 saturated carbocycles. The van der Waals surface area contributed by atoms with Gasteiger partial charge in [0.2, 0.25) is 0 Å². The standard InChI is InChI=1S/C16H29N3O3.C16H15NO4/c1-16(2,3)22-15(21)19-10-6-13(7-11-19)12-4-8-18(9-5-12)14(17)20;18-15(19)11-17(14-9-5-2-6-10-14)16(20)21-12-13-7-3-1-4-8-13/h12-13H,4-11H2,1-3H3,(H2,17,20);1-10H,11-12H2,(H,18,19). The molecule has 11 nitrogen and oxygen atoms in total. The van der Waals surface area contributed by atoms with Gasteiger partial charge in [-0.05, 0) is 76.0 Å². The van der Waals surface area contributed by atoms with Gasteiger partial charge >= 0.3 is 24.2 Å². The summed E-state index contributed by atoms with van der Waals surface area (Å²) < 4.78 is 10.6. The Morgan fingerprint density at radius 1 is 0.837 bits per heavy atom. The molecule has 4 rings (SSSR count). The third-order valence-corrected chi connectivity index (χ3v) is 7.50. The number of nitrogens with zero attached hydrogens (tertiary/aromatic N) is 3. The van der Waals surface area contributed by atoms with Gasteiger partial charge in [0, 0.05) is 31.9 Å². The fourth-order valence-corrected chi connectivity index (χ4v) is 5.27. The minimum Gasteiger partial charge on any atom is -0.480 e. The van der Waals surface area contributed by atoms with Crippen LogP contribution < -0.4 is 10.6 Å². The molecule has 0 aliphatic carbocycles. The number of carboxylic acids is 1. The number of amides is 4. The number of carbonyl (C=O) groups excluding carboxylic acids is 3. The number of para-hydroxylation sites is 1. The highest BCUT2D eigenvalue weighted by Crippen LogP contribution is 2.32. The lowest BCUT2D eigenvalue weighted by molar-refractivity contribution is -0.135. The summed E-state index contributed by atoms with van der Waals surface area (Å²) in [6.07, 6.45) is 3.23. The first-order valence-corrected chi connectivity index (χ1v) is 14.7. The van der Waals surface area contributed by atoms with Gasteiger partial charge in [0.25, 0.3) is 0 Å². The van der Waals surface area contributed by atoms with E-state index in [2.05, 4.69) is 0 Å². The number of anilines is 1. The lowest BCUT2D eigenvalue weighted by Gasteiger charge is -2.40. The maximum absolute atomic E-state index is 12.1. The van der Waals surface area contributed by atoms with E-state index in [1.165, 1.54) is 0 Å². The van der Waals surface area contributed by atoms with E-state index in [0.717, 1.165) is 62.3 Å². The summed E-state index contributed by atoms with van der Waals surface area (Å²) in [5.41, 5.74) is 6.21. The number of rotatable bonds is 6. The van der Waals surface area contributed by atoms with Gasteiger partial charge in [-0.2, -0.15) is 0 Å². The smallest absolute Gasteiger partial charge is 0.415 e. The summed E-state index contributed by atoms with van der Waals surface area (Å²) in [4.78, 5) is 50.9. The first-order chi connectivity index (χ1) is 20.4. The predicted octanol–water partition coefficient (Wildman–Crippen LogP) is 5.34. The lowest BCUT2D eigenvalue weighted by atomic mass is 9.79. The van der Waals surface area contributed by atoms with E-state index in [1.807, 2.05) is 56.0 Å². The van der Waals surface area contributed by atoms with Crippen molar-refractivity contribution >= 4 is 29.9 Å². The zero-order chi connectivity index (χ0) is 31.4. The molecule has 0 aromatic heterocycles. The number of ether oxygens (including phenoxy) is 2. The van der Waals surface area contributed by atoms with Crippen LogP contribution in [0.4, 0.5) is 20.1 Å². The minimum atomic E-state index is -1.10. The molecule has 0 atom stereocenters. The molecule has 43 heavy (non-hydrogen) atoms. The van der Waals surface area contributed by atoms with E-state index in [9.17, 15) is 19.2 Å². The second kappa shape index (κ2) is 15.8. The van der Waals surface area contributed by atoms with Gasteiger partial charge in [-0.15, -0.1) is 0 Å². The van der Waals surface area contributed by atoms with Crippen LogP contribution in [-0.4, -0.2) is 77.4 Å². The number of benzene rings is 2. The number of primary amides is 1. The van der Waals surface area contributed by atoms with Crippen molar-refractivity contribution in [2.45, 2.75) is 58.7 Å². The van der Waals surface area contributed by atoms with E-state index in [1.54, 1.807) is 35.2 Å². The van der Waals surface area contributed by atoms with E-state index < -0.39 is 24.2 Å². The maximum atomic E-state index is 12.1. The van der Waals surface area contributed by atoms with Crippen LogP contribution in [0, 0.1) is 11.8 Å². The highest BCUT2D eigenvalue weighted by atomic mass is 16.6. The van der Waals surface area contributed by atoms with E-state index >= 15 is 0 Å². The fraction of sp³-hybridized carbons (Fsp3) is 0.500. The predicted molar refractivity (Wildman–Crippen MR) is 162 cm³/mol. The second-order valence-electron chi connectivity index (χ2n) is 11.8. The van der Waals surface area contributed by atoms with Gasteiger partial charge in [-0.3, -0.25) is 9.69 Å². The van der Waals surface area contributed by atoms with Gasteiger partial charge in [0.15, 0.2) is 0 Å². The molecule has 0 bridgehead atoms. The molecule has 2 saturated heterocycles. The molecule has 0 unspecified atom stereocenters. The average molecular weight is 597 g/mol. The molecule has 2 fully saturated rings. The maximum Gasteiger partial charge on any atom is 0.415 e. The Kier molecular flexibility index (Phi) is 12.2. The third-order valence-electron chi connectivity index (χ3n) is 7.50. The summed E-state index contributed by atoms with van der Waals surface area (Å²) in [7, 11) is 0. The van der Waals surface area contributed by atoms with Crippen LogP contribution in [0.15, 0.2) is 60.7 Å².